The molecule has 0 bridgehead atoms. The van der Waals surface area contributed by atoms with Gasteiger partial charge in [0.1, 0.15) is 6.61 Å². The first kappa shape index (κ1) is 7.31. The fourth-order valence-electron chi connectivity index (χ4n) is 0.715. The van der Waals surface area contributed by atoms with Crippen molar-refractivity contribution in [1.29, 1.82) is 0 Å². The van der Waals surface area contributed by atoms with E-state index >= 15 is 0 Å². The standard InChI is InChI=1S/C6H10INO/c1-4-3-9-6(8-4)5(2)7/h4-5H,3H2,1-2H3/t4-,5+/m1/s1. The van der Waals surface area contributed by atoms with E-state index in [2.05, 4.69) is 41.4 Å². The Morgan fingerprint density at radius 1 is 1.89 bits per heavy atom. The maximum Gasteiger partial charge on any atom is 0.196 e. The molecule has 0 unspecified atom stereocenters. The Bertz CT molecular complexity index is 133. The van der Waals surface area contributed by atoms with Gasteiger partial charge in [-0.2, -0.15) is 0 Å². The first-order chi connectivity index (χ1) is 4.20. The molecule has 0 spiro atoms. The number of alkyl halides is 1. The molecule has 1 aliphatic rings. The average molecular weight is 239 g/mol. The predicted octanol–water partition coefficient (Wildman–Crippen LogP) is 1.63. The molecule has 9 heavy (non-hydrogen) atoms. The lowest BCUT2D eigenvalue weighted by Crippen LogP contribution is -2.09. The Hall–Kier alpha value is 0.200. The van der Waals surface area contributed by atoms with Crippen molar-refractivity contribution in [2.75, 3.05) is 6.61 Å². The molecule has 0 N–H and O–H groups in total. The summed E-state index contributed by atoms with van der Waals surface area (Å²) < 4.78 is 5.69. The third kappa shape index (κ3) is 1.81. The van der Waals surface area contributed by atoms with Gasteiger partial charge in [0.25, 0.3) is 0 Å². The number of aliphatic imine (C=N–C) groups is 1. The van der Waals surface area contributed by atoms with Crippen LogP contribution in [0.25, 0.3) is 0 Å². The minimum absolute atomic E-state index is 0.372. The molecule has 2 nitrogen and oxygen atoms in total. The van der Waals surface area contributed by atoms with Crippen LogP contribution >= 0.6 is 22.6 Å². The summed E-state index contributed by atoms with van der Waals surface area (Å²) in [6, 6.07) is 0.372. The molecule has 0 amide bonds. The minimum atomic E-state index is 0.372. The summed E-state index contributed by atoms with van der Waals surface area (Å²) in [6.45, 7) is 4.91. The number of ether oxygens (including phenoxy) is 1. The highest BCUT2D eigenvalue weighted by Crippen LogP contribution is 2.11. The number of hydrogen-bond donors (Lipinski definition) is 0. The summed E-state index contributed by atoms with van der Waals surface area (Å²) in [6.07, 6.45) is 0. The van der Waals surface area contributed by atoms with Crippen LogP contribution in [0.15, 0.2) is 4.99 Å². The van der Waals surface area contributed by atoms with Crippen molar-refractivity contribution in [2.24, 2.45) is 4.99 Å². The second-order valence-electron chi connectivity index (χ2n) is 2.24. The van der Waals surface area contributed by atoms with Gasteiger partial charge in [-0.15, -0.1) is 0 Å². The van der Waals surface area contributed by atoms with Gasteiger partial charge < -0.3 is 4.74 Å². The van der Waals surface area contributed by atoms with Gasteiger partial charge in [0.15, 0.2) is 5.90 Å². The third-order valence-corrected chi connectivity index (χ3v) is 1.69. The van der Waals surface area contributed by atoms with Gasteiger partial charge in [-0.1, -0.05) is 22.6 Å². The van der Waals surface area contributed by atoms with Gasteiger partial charge in [-0.25, -0.2) is 4.99 Å². The zero-order chi connectivity index (χ0) is 6.85. The maximum atomic E-state index is 5.27. The molecule has 0 radical (unpaired) electrons. The lowest BCUT2D eigenvalue weighted by Gasteiger charge is -2.00. The molecule has 0 aromatic heterocycles. The van der Waals surface area contributed by atoms with E-state index in [1.807, 2.05) is 0 Å². The van der Waals surface area contributed by atoms with Crippen LogP contribution in [0.2, 0.25) is 0 Å². The Morgan fingerprint density at radius 3 is 2.78 bits per heavy atom. The van der Waals surface area contributed by atoms with Gasteiger partial charge in [-0.05, 0) is 13.8 Å². The zero-order valence-corrected chi connectivity index (χ0v) is 7.75. The van der Waals surface area contributed by atoms with E-state index in [9.17, 15) is 0 Å². The van der Waals surface area contributed by atoms with Crippen molar-refractivity contribution < 1.29 is 4.74 Å². The fourth-order valence-corrected chi connectivity index (χ4v) is 1.06. The molecule has 0 aromatic rings. The summed E-state index contributed by atoms with van der Waals surface area (Å²) in [5.41, 5.74) is 0. The van der Waals surface area contributed by atoms with Crippen LogP contribution in [0, 0.1) is 0 Å². The molecule has 3 heteroatoms. The van der Waals surface area contributed by atoms with Crippen molar-refractivity contribution in [1.82, 2.24) is 0 Å². The van der Waals surface area contributed by atoms with E-state index in [1.54, 1.807) is 0 Å². The largest absolute Gasteiger partial charge is 0.478 e. The first-order valence-electron chi connectivity index (χ1n) is 3.04. The minimum Gasteiger partial charge on any atom is -0.478 e. The summed E-state index contributed by atoms with van der Waals surface area (Å²) in [5.74, 6) is 0.906. The quantitative estimate of drug-likeness (QED) is 0.503. The molecule has 1 heterocycles. The normalized spacial score (nSPS) is 29.2. The van der Waals surface area contributed by atoms with Gasteiger partial charge in [0, 0.05) is 0 Å². The highest BCUT2D eigenvalue weighted by molar-refractivity contribution is 14.1. The lowest BCUT2D eigenvalue weighted by molar-refractivity contribution is 0.318. The van der Waals surface area contributed by atoms with Crippen LogP contribution in [0.3, 0.4) is 0 Å². The molecular formula is C6H10INO. The SMILES string of the molecule is C[C@@H]1COC([C@H](C)I)=N1. The van der Waals surface area contributed by atoms with Crippen LogP contribution in [-0.2, 0) is 4.74 Å². The Kier molecular flexibility index (Phi) is 2.32. The third-order valence-electron chi connectivity index (χ3n) is 1.16. The van der Waals surface area contributed by atoms with Crippen molar-refractivity contribution in [3.05, 3.63) is 0 Å². The van der Waals surface area contributed by atoms with Crippen molar-refractivity contribution in [2.45, 2.75) is 23.8 Å². The monoisotopic (exact) mass is 239 g/mol. The van der Waals surface area contributed by atoms with Gasteiger partial charge in [-0.3, -0.25) is 0 Å². The van der Waals surface area contributed by atoms with E-state index in [4.69, 9.17) is 4.74 Å². The molecule has 52 valence electrons. The highest BCUT2D eigenvalue weighted by Gasteiger charge is 2.17. The van der Waals surface area contributed by atoms with Crippen molar-refractivity contribution in [3.63, 3.8) is 0 Å². The summed E-state index contributed by atoms with van der Waals surface area (Å²) >= 11 is 2.30. The second-order valence-corrected chi connectivity index (χ2v) is 4.11. The van der Waals surface area contributed by atoms with Crippen LogP contribution < -0.4 is 0 Å². The fraction of sp³-hybridized carbons (Fsp3) is 0.833. The molecule has 0 aliphatic carbocycles. The Morgan fingerprint density at radius 2 is 2.56 bits per heavy atom. The van der Waals surface area contributed by atoms with E-state index in [0.29, 0.717) is 9.97 Å². The van der Waals surface area contributed by atoms with Crippen LogP contribution in [0.5, 0.6) is 0 Å². The Balaban J connectivity index is 2.52. The molecule has 2 atom stereocenters. The number of halogens is 1. The molecule has 0 saturated heterocycles. The van der Waals surface area contributed by atoms with Crippen LogP contribution in [-0.4, -0.2) is 22.5 Å². The molecule has 0 fully saturated rings. The van der Waals surface area contributed by atoms with Gasteiger partial charge in [0.2, 0.25) is 0 Å². The Labute approximate surface area is 68.8 Å². The topological polar surface area (TPSA) is 21.6 Å². The van der Waals surface area contributed by atoms with Crippen LogP contribution in [0.1, 0.15) is 13.8 Å². The molecular weight excluding hydrogens is 229 g/mol. The molecule has 1 rings (SSSR count). The zero-order valence-electron chi connectivity index (χ0n) is 5.60. The lowest BCUT2D eigenvalue weighted by atomic mass is 10.4. The number of nitrogens with zero attached hydrogens (tertiary/aromatic N) is 1. The molecule has 1 aliphatic heterocycles. The van der Waals surface area contributed by atoms with Crippen LogP contribution in [0.4, 0.5) is 0 Å². The van der Waals surface area contributed by atoms with Crippen molar-refractivity contribution >= 4 is 28.5 Å². The summed E-state index contributed by atoms with van der Waals surface area (Å²) in [4.78, 5) is 4.27. The number of hydrogen-bond acceptors (Lipinski definition) is 2. The van der Waals surface area contributed by atoms with Crippen molar-refractivity contribution in [3.8, 4) is 0 Å². The van der Waals surface area contributed by atoms with E-state index < -0.39 is 0 Å². The smallest absolute Gasteiger partial charge is 0.196 e. The predicted molar refractivity (Wildman–Crippen MR) is 46.3 cm³/mol. The maximum absolute atomic E-state index is 5.27. The highest BCUT2D eigenvalue weighted by atomic mass is 127. The van der Waals surface area contributed by atoms with E-state index in [-0.39, 0.29) is 0 Å². The second kappa shape index (κ2) is 2.86. The van der Waals surface area contributed by atoms with E-state index in [1.165, 1.54) is 0 Å². The van der Waals surface area contributed by atoms with Gasteiger partial charge in [0.05, 0.1) is 9.97 Å². The first-order valence-corrected chi connectivity index (χ1v) is 4.29. The summed E-state index contributed by atoms with van der Waals surface area (Å²) in [7, 11) is 0. The molecule has 0 aromatic carbocycles. The van der Waals surface area contributed by atoms with E-state index in [0.717, 1.165) is 12.5 Å². The van der Waals surface area contributed by atoms with Gasteiger partial charge >= 0.3 is 0 Å². The molecule has 0 saturated carbocycles. The summed E-state index contributed by atoms with van der Waals surface area (Å²) in [5, 5.41) is 0. The number of rotatable bonds is 1. The average Bonchev–Trinajstić information content (AvgIpc) is 2.14.